The minimum Gasteiger partial charge on any atom is -0.368 e. The standard InChI is InChI=1S/C20H23ClFN3O/c1-15(16-6-8-17(22)9-7-16)23-20(26)14-24-10-12-25(13-11-24)19-5-3-2-4-18(19)21/h2-9,15H,10-14H2,1H3,(H,23,26). The average molecular weight is 376 g/mol. The van der Waals surface area contributed by atoms with Crippen molar-refractivity contribution in [2.45, 2.75) is 13.0 Å². The molecule has 0 spiro atoms. The molecular weight excluding hydrogens is 353 g/mol. The highest BCUT2D eigenvalue weighted by Crippen LogP contribution is 2.26. The Kier molecular flexibility index (Phi) is 6.12. The SMILES string of the molecule is CC(NC(=O)CN1CCN(c2ccccc2Cl)CC1)c1ccc(F)cc1. The molecule has 0 saturated carbocycles. The molecule has 1 heterocycles. The Hall–Kier alpha value is -2.11. The maximum absolute atomic E-state index is 13.0. The zero-order chi connectivity index (χ0) is 18.5. The highest BCUT2D eigenvalue weighted by atomic mass is 35.5. The van der Waals surface area contributed by atoms with Crippen molar-refractivity contribution in [1.29, 1.82) is 0 Å². The van der Waals surface area contributed by atoms with Crippen molar-refractivity contribution >= 4 is 23.2 Å². The van der Waals surface area contributed by atoms with Gasteiger partial charge in [0.05, 0.1) is 23.3 Å². The molecule has 138 valence electrons. The number of nitrogens with zero attached hydrogens (tertiary/aromatic N) is 2. The molecule has 6 heteroatoms. The van der Waals surface area contributed by atoms with E-state index in [2.05, 4.69) is 15.1 Å². The van der Waals surface area contributed by atoms with Crippen molar-refractivity contribution < 1.29 is 9.18 Å². The lowest BCUT2D eigenvalue weighted by atomic mass is 10.1. The summed E-state index contributed by atoms with van der Waals surface area (Å²) in [4.78, 5) is 16.7. The number of piperazine rings is 1. The van der Waals surface area contributed by atoms with Crippen LogP contribution in [0.2, 0.25) is 5.02 Å². The highest BCUT2D eigenvalue weighted by Gasteiger charge is 2.21. The molecule has 1 atom stereocenters. The van der Waals surface area contributed by atoms with Crippen LogP contribution in [0.25, 0.3) is 0 Å². The van der Waals surface area contributed by atoms with Crippen molar-refractivity contribution in [2.24, 2.45) is 0 Å². The maximum Gasteiger partial charge on any atom is 0.234 e. The first-order valence-corrected chi connectivity index (χ1v) is 9.17. The van der Waals surface area contributed by atoms with Gasteiger partial charge in [0.2, 0.25) is 5.91 Å². The van der Waals surface area contributed by atoms with E-state index in [1.54, 1.807) is 12.1 Å². The Morgan fingerprint density at radius 1 is 1.12 bits per heavy atom. The number of halogens is 2. The summed E-state index contributed by atoms with van der Waals surface area (Å²) >= 11 is 6.26. The van der Waals surface area contributed by atoms with Crippen LogP contribution in [-0.2, 0) is 4.79 Å². The van der Waals surface area contributed by atoms with Gasteiger partial charge >= 0.3 is 0 Å². The van der Waals surface area contributed by atoms with E-state index in [4.69, 9.17) is 11.6 Å². The molecule has 4 nitrogen and oxygen atoms in total. The van der Waals surface area contributed by atoms with Gasteiger partial charge in [-0.05, 0) is 36.8 Å². The first-order chi connectivity index (χ1) is 12.5. The van der Waals surface area contributed by atoms with Crippen LogP contribution >= 0.6 is 11.6 Å². The average Bonchev–Trinajstić information content (AvgIpc) is 2.63. The molecule has 1 fully saturated rings. The lowest BCUT2D eigenvalue weighted by molar-refractivity contribution is -0.123. The first kappa shape index (κ1) is 18.7. The number of amides is 1. The van der Waals surface area contributed by atoms with Crippen LogP contribution in [0, 0.1) is 5.82 Å². The van der Waals surface area contributed by atoms with Crippen molar-refractivity contribution in [3.8, 4) is 0 Å². The predicted molar refractivity (Wildman–Crippen MR) is 103 cm³/mol. The largest absolute Gasteiger partial charge is 0.368 e. The molecule has 3 rings (SSSR count). The second-order valence-electron chi connectivity index (χ2n) is 6.56. The number of para-hydroxylation sites is 1. The quantitative estimate of drug-likeness (QED) is 0.869. The van der Waals surface area contributed by atoms with Crippen molar-refractivity contribution in [1.82, 2.24) is 10.2 Å². The predicted octanol–water partition coefficient (Wildman–Crippen LogP) is 3.48. The molecule has 1 N–H and O–H groups in total. The van der Waals surface area contributed by atoms with E-state index in [0.717, 1.165) is 42.5 Å². The van der Waals surface area contributed by atoms with Gasteiger partial charge in [0.1, 0.15) is 5.82 Å². The van der Waals surface area contributed by atoms with Crippen LogP contribution in [0.3, 0.4) is 0 Å². The van der Waals surface area contributed by atoms with Gasteiger partial charge in [-0.2, -0.15) is 0 Å². The van der Waals surface area contributed by atoms with Gasteiger partial charge in [0.25, 0.3) is 0 Å². The van der Waals surface area contributed by atoms with E-state index in [9.17, 15) is 9.18 Å². The summed E-state index contributed by atoms with van der Waals surface area (Å²) in [5.41, 5.74) is 1.94. The minimum absolute atomic E-state index is 0.0204. The Morgan fingerprint density at radius 3 is 2.42 bits per heavy atom. The molecule has 26 heavy (non-hydrogen) atoms. The van der Waals surface area contributed by atoms with Crippen molar-refractivity contribution in [2.75, 3.05) is 37.6 Å². The highest BCUT2D eigenvalue weighted by molar-refractivity contribution is 6.33. The number of carbonyl (C=O) groups is 1. The van der Waals surface area contributed by atoms with Crippen LogP contribution in [0.5, 0.6) is 0 Å². The fourth-order valence-corrected chi connectivity index (χ4v) is 3.44. The smallest absolute Gasteiger partial charge is 0.234 e. The van der Waals surface area contributed by atoms with E-state index >= 15 is 0 Å². The molecule has 1 aliphatic heterocycles. The fourth-order valence-electron chi connectivity index (χ4n) is 3.18. The third-order valence-corrected chi connectivity index (χ3v) is 5.00. The molecular formula is C20H23ClFN3O. The molecule has 2 aromatic rings. The molecule has 2 aromatic carbocycles. The second-order valence-corrected chi connectivity index (χ2v) is 6.96. The van der Waals surface area contributed by atoms with Crippen molar-refractivity contribution in [3.63, 3.8) is 0 Å². The van der Waals surface area contributed by atoms with Crippen LogP contribution in [0.4, 0.5) is 10.1 Å². The number of benzene rings is 2. The van der Waals surface area contributed by atoms with E-state index < -0.39 is 0 Å². The summed E-state index contributed by atoms with van der Waals surface area (Å²) < 4.78 is 13.0. The normalized spacial score (nSPS) is 16.3. The molecule has 1 unspecified atom stereocenters. The molecule has 0 aromatic heterocycles. The first-order valence-electron chi connectivity index (χ1n) is 8.79. The summed E-state index contributed by atoms with van der Waals surface area (Å²) in [7, 11) is 0. The summed E-state index contributed by atoms with van der Waals surface area (Å²) in [5.74, 6) is -0.295. The number of rotatable bonds is 5. The third kappa shape index (κ3) is 4.74. The van der Waals surface area contributed by atoms with Crippen LogP contribution < -0.4 is 10.2 Å². The summed E-state index contributed by atoms with van der Waals surface area (Å²) in [6, 6.07) is 13.9. The van der Waals surface area contributed by atoms with Crippen LogP contribution in [0.15, 0.2) is 48.5 Å². The fraction of sp³-hybridized carbons (Fsp3) is 0.350. The van der Waals surface area contributed by atoms with E-state index in [1.807, 2.05) is 31.2 Å². The topological polar surface area (TPSA) is 35.6 Å². The maximum atomic E-state index is 13.0. The Balaban J connectivity index is 1.47. The zero-order valence-electron chi connectivity index (χ0n) is 14.8. The zero-order valence-corrected chi connectivity index (χ0v) is 15.5. The van der Waals surface area contributed by atoms with Crippen molar-refractivity contribution in [3.05, 3.63) is 64.9 Å². The summed E-state index contributed by atoms with van der Waals surface area (Å²) in [6.45, 7) is 5.56. The lowest BCUT2D eigenvalue weighted by Crippen LogP contribution is -2.49. The Morgan fingerprint density at radius 2 is 1.77 bits per heavy atom. The van der Waals surface area contributed by atoms with Gasteiger partial charge in [0.15, 0.2) is 0 Å². The molecule has 0 radical (unpaired) electrons. The molecule has 1 aliphatic rings. The number of hydrogen-bond donors (Lipinski definition) is 1. The van der Waals surface area contributed by atoms with Crippen LogP contribution in [-0.4, -0.2) is 43.5 Å². The number of carbonyl (C=O) groups excluding carboxylic acids is 1. The molecule has 1 amide bonds. The lowest BCUT2D eigenvalue weighted by Gasteiger charge is -2.36. The van der Waals surface area contributed by atoms with E-state index in [0.29, 0.717) is 6.54 Å². The summed E-state index contributed by atoms with van der Waals surface area (Å²) in [5, 5.41) is 3.73. The monoisotopic (exact) mass is 375 g/mol. The van der Waals surface area contributed by atoms with E-state index in [1.165, 1.54) is 12.1 Å². The Bertz CT molecular complexity index is 745. The summed E-state index contributed by atoms with van der Waals surface area (Å²) in [6.07, 6.45) is 0. The van der Waals surface area contributed by atoms with Gasteiger partial charge in [0, 0.05) is 26.2 Å². The van der Waals surface area contributed by atoms with Gasteiger partial charge in [-0.3, -0.25) is 9.69 Å². The third-order valence-electron chi connectivity index (χ3n) is 4.68. The van der Waals surface area contributed by atoms with E-state index in [-0.39, 0.29) is 17.8 Å². The molecule has 0 aliphatic carbocycles. The van der Waals surface area contributed by atoms with Gasteiger partial charge in [-0.1, -0.05) is 35.9 Å². The number of nitrogens with one attached hydrogen (secondary N) is 1. The van der Waals surface area contributed by atoms with Crippen LogP contribution in [0.1, 0.15) is 18.5 Å². The van der Waals surface area contributed by atoms with Gasteiger partial charge in [-0.25, -0.2) is 4.39 Å². The molecule has 0 bridgehead atoms. The Labute approximate surface area is 158 Å². The van der Waals surface area contributed by atoms with Gasteiger partial charge < -0.3 is 10.2 Å². The number of anilines is 1. The molecule has 1 saturated heterocycles. The second kappa shape index (κ2) is 8.52. The van der Waals surface area contributed by atoms with Gasteiger partial charge in [-0.15, -0.1) is 0 Å². The minimum atomic E-state index is -0.274. The number of hydrogen-bond acceptors (Lipinski definition) is 3.